The number of hydrogen-bond acceptors (Lipinski definition) is 4. The monoisotopic (exact) mass is 366 g/mol. The van der Waals surface area contributed by atoms with Gasteiger partial charge in [-0.25, -0.2) is 22.2 Å². The summed E-state index contributed by atoms with van der Waals surface area (Å²) in [5.41, 5.74) is 1.98. The molecule has 0 unspecified atom stereocenters. The summed E-state index contributed by atoms with van der Waals surface area (Å²) < 4.78 is 52.9. The minimum absolute atomic E-state index is 0.315. The van der Waals surface area contributed by atoms with E-state index in [1.54, 1.807) is 24.3 Å². The number of nitrogens with one attached hydrogen (secondary N) is 1. The van der Waals surface area contributed by atoms with Gasteiger partial charge in [-0.3, -0.25) is 4.72 Å². The lowest BCUT2D eigenvalue weighted by Crippen LogP contribution is -2.13. The van der Waals surface area contributed by atoms with E-state index in [0.717, 1.165) is 28.4 Å². The Labute approximate surface area is 141 Å². The molecular weight excluding hydrogens is 354 g/mol. The topological polar surface area (TPSA) is 59.1 Å². The van der Waals surface area contributed by atoms with Gasteiger partial charge in [-0.1, -0.05) is 12.1 Å². The number of nitrogens with zero attached hydrogens (tertiary/aromatic N) is 1. The molecule has 0 atom stereocenters. The van der Waals surface area contributed by atoms with Gasteiger partial charge in [-0.2, -0.15) is 0 Å². The second-order valence-corrected chi connectivity index (χ2v) is 7.76. The van der Waals surface area contributed by atoms with Crippen LogP contribution >= 0.6 is 11.3 Å². The van der Waals surface area contributed by atoms with Gasteiger partial charge >= 0.3 is 0 Å². The van der Waals surface area contributed by atoms with Crippen molar-refractivity contribution in [1.82, 2.24) is 4.98 Å². The molecule has 0 aliphatic heterocycles. The Balaban J connectivity index is 1.83. The molecule has 1 N–H and O–H groups in total. The van der Waals surface area contributed by atoms with Gasteiger partial charge in [0, 0.05) is 16.6 Å². The number of thiazole rings is 1. The van der Waals surface area contributed by atoms with Gasteiger partial charge < -0.3 is 0 Å². The quantitative estimate of drug-likeness (QED) is 0.753. The molecule has 0 saturated heterocycles. The van der Waals surface area contributed by atoms with Gasteiger partial charge in [0.2, 0.25) is 0 Å². The fourth-order valence-electron chi connectivity index (χ4n) is 2.06. The highest BCUT2D eigenvalue weighted by Gasteiger charge is 2.16. The highest BCUT2D eigenvalue weighted by atomic mass is 32.2. The van der Waals surface area contributed by atoms with Gasteiger partial charge in [0.1, 0.15) is 0 Å². The number of rotatable bonds is 4. The number of halogens is 2. The first-order chi connectivity index (χ1) is 11.3. The van der Waals surface area contributed by atoms with E-state index in [0.29, 0.717) is 11.8 Å². The molecule has 3 rings (SSSR count). The lowest BCUT2D eigenvalue weighted by Gasteiger charge is -2.09. The van der Waals surface area contributed by atoms with Crippen LogP contribution in [0.25, 0.3) is 11.3 Å². The lowest BCUT2D eigenvalue weighted by atomic mass is 10.1. The molecule has 124 valence electrons. The minimum Gasteiger partial charge on any atom is -0.280 e. The standard InChI is InChI=1S/C16H12F2N2O2S2/c1-10-19-16(9-23-10)11-2-4-12(5-3-11)20-24(21,22)13-6-7-14(17)15(18)8-13/h2-9,20H,1H3. The zero-order chi connectivity index (χ0) is 17.3. The highest BCUT2D eigenvalue weighted by molar-refractivity contribution is 7.92. The highest BCUT2D eigenvalue weighted by Crippen LogP contribution is 2.24. The average Bonchev–Trinajstić information content (AvgIpc) is 2.97. The lowest BCUT2D eigenvalue weighted by molar-refractivity contribution is 0.504. The Morgan fingerprint density at radius 3 is 2.33 bits per heavy atom. The maximum absolute atomic E-state index is 13.2. The van der Waals surface area contributed by atoms with E-state index in [4.69, 9.17) is 0 Å². The predicted molar refractivity (Wildman–Crippen MR) is 89.5 cm³/mol. The molecule has 4 nitrogen and oxygen atoms in total. The van der Waals surface area contributed by atoms with Gasteiger partial charge in [0.05, 0.1) is 15.6 Å². The van der Waals surface area contributed by atoms with Crippen LogP contribution in [0.15, 0.2) is 52.7 Å². The minimum atomic E-state index is -4.00. The van der Waals surface area contributed by atoms with Crippen LogP contribution < -0.4 is 4.72 Å². The molecule has 1 heterocycles. The van der Waals surface area contributed by atoms with E-state index >= 15 is 0 Å². The molecule has 24 heavy (non-hydrogen) atoms. The molecule has 0 amide bonds. The van der Waals surface area contributed by atoms with Crippen LogP contribution in [-0.2, 0) is 10.0 Å². The molecule has 1 aromatic heterocycles. The molecule has 3 aromatic rings. The second kappa shape index (κ2) is 6.29. The normalized spacial score (nSPS) is 11.5. The first-order valence-corrected chi connectivity index (χ1v) is 9.22. The van der Waals surface area contributed by atoms with Gasteiger partial charge in [-0.05, 0) is 37.3 Å². The van der Waals surface area contributed by atoms with Crippen LogP contribution in [0.4, 0.5) is 14.5 Å². The summed E-state index contributed by atoms with van der Waals surface area (Å²) in [4.78, 5) is 4.01. The van der Waals surface area contributed by atoms with Crippen LogP contribution in [0.2, 0.25) is 0 Å². The molecule has 2 aromatic carbocycles. The van der Waals surface area contributed by atoms with Gasteiger partial charge in [-0.15, -0.1) is 11.3 Å². The fourth-order valence-corrected chi connectivity index (χ4v) is 3.76. The summed E-state index contributed by atoms with van der Waals surface area (Å²) in [6, 6.07) is 9.06. The first-order valence-electron chi connectivity index (χ1n) is 6.85. The SMILES string of the molecule is Cc1nc(-c2ccc(NS(=O)(=O)c3ccc(F)c(F)c3)cc2)cs1. The third kappa shape index (κ3) is 3.44. The number of aryl methyl sites for hydroxylation is 1. The summed E-state index contributed by atoms with van der Waals surface area (Å²) >= 11 is 1.52. The molecule has 0 spiro atoms. The Bertz CT molecular complexity index is 984. The smallest absolute Gasteiger partial charge is 0.261 e. The van der Waals surface area contributed by atoms with E-state index in [2.05, 4.69) is 9.71 Å². The summed E-state index contributed by atoms with van der Waals surface area (Å²) in [6.45, 7) is 1.90. The molecule has 0 bridgehead atoms. The second-order valence-electron chi connectivity index (χ2n) is 5.01. The van der Waals surface area contributed by atoms with E-state index < -0.39 is 21.7 Å². The molecule has 0 aliphatic carbocycles. The van der Waals surface area contributed by atoms with Gasteiger partial charge in [0.25, 0.3) is 10.0 Å². The number of hydrogen-bond donors (Lipinski definition) is 1. The van der Waals surface area contributed by atoms with Crippen molar-refractivity contribution in [2.24, 2.45) is 0 Å². The summed E-state index contributed by atoms with van der Waals surface area (Å²) in [5.74, 6) is -2.32. The summed E-state index contributed by atoms with van der Waals surface area (Å²) in [5, 5.41) is 2.85. The van der Waals surface area contributed by atoms with Crippen molar-refractivity contribution in [1.29, 1.82) is 0 Å². The Kier molecular flexibility index (Phi) is 4.33. The van der Waals surface area contributed by atoms with Crippen LogP contribution in [0.5, 0.6) is 0 Å². The van der Waals surface area contributed by atoms with Crippen molar-refractivity contribution in [3.05, 3.63) is 64.5 Å². The number of anilines is 1. The van der Waals surface area contributed by atoms with Crippen LogP contribution in [0.3, 0.4) is 0 Å². The van der Waals surface area contributed by atoms with Crippen molar-refractivity contribution in [2.75, 3.05) is 4.72 Å². The zero-order valence-electron chi connectivity index (χ0n) is 12.5. The Morgan fingerprint density at radius 1 is 1.04 bits per heavy atom. The zero-order valence-corrected chi connectivity index (χ0v) is 14.1. The number of benzene rings is 2. The molecule has 0 saturated carbocycles. The van der Waals surface area contributed by atoms with Crippen molar-refractivity contribution < 1.29 is 17.2 Å². The summed E-state index contributed by atoms with van der Waals surface area (Å²) in [7, 11) is -4.00. The largest absolute Gasteiger partial charge is 0.280 e. The molecule has 0 fully saturated rings. The molecule has 8 heteroatoms. The van der Waals surface area contributed by atoms with Crippen molar-refractivity contribution in [2.45, 2.75) is 11.8 Å². The fraction of sp³-hybridized carbons (Fsp3) is 0.0625. The molecule has 0 radical (unpaired) electrons. The molecular formula is C16H12F2N2O2S2. The predicted octanol–water partition coefficient (Wildman–Crippen LogP) is 4.20. The van der Waals surface area contributed by atoms with Gasteiger partial charge in [0.15, 0.2) is 11.6 Å². The first kappa shape index (κ1) is 16.5. The van der Waals surface area contributed by atoms with Crippen LogP contribution in [0, 0.1) is 18.6 Å². The third-order valence-corrected chi connectivity index (χ3v) is 5.41. The third-order valence-electron chi connectivity index (χ3n) is 3.25. The van der Waals surface area contributed by atoms with Crippen molar-refractivity contribution >= 4 is 27.0 Å². The molecule has 0 aliphatic rings. The van der Waals surface area contributed by atoms with Crippen molar-refractivity contribution in [3.63, 3.8) is 0 Å². The Hall–Kier alpha value is -2.32. The van der Waals surface area contributed by atoms with E-state index in [1.165, 1.54) is 11.3 Å². The summed E-state index contributed by atoms with van der Waals surface area (Å²) in [6.07, 6.45) is 0. The van der Waals surface area contributed by atoms with Crippen LogP contribution in [-0.4, -0.2) is 13.4 Å². The average molecular weight is 366 g/mol. The van der Waals surface area contributed by atoms with Crippen LogP contribution in [0.1, 0.15) is 5.01 Å². The maximum Gasteiger partial charge on any atom is 0.261 e. The van der Waals surface area contributed by atoms with E-state index in [-0.39, 0.29) is 4.90 Å². The van der Waals surface area contributed by atoms with E-state index in [9.17, 15) is 17.2 Å². The number of sulfonamides is 1. The Morgan fingerprint density at radius 2 is 1.75 bits per heavy atom. The van der Waals surface area contributed by atoms with E-state index in [1.807, 2.05) is 12.3 Å². The number of aromatic nitrogens is 1. The maximum atomic E-state index is 13.2. The van der Waals surface area contributed by atoms with Crippen molar-refractivity contribution in [3.8, 4) is 11.3 Å².